The van der Waals surface area contributed by atoms with Crippen molar-refractivity contribution in [2.75, 3.05) is 13.2 Å². The molecule has 1 aliphatic rings. The minimum Gasteiger partial charge on any atom is -0.466 e. The first kappa shape index (κ1) is 41.3. The van der Waals surface area contributed by atoms with E-state index in [0.717, 1.165) is 77.0 Å². The molecular weight excluding hydrogens is 586 g/mol. The summed E-state index contributed by atoms with van der Waals surface area (Å²) in [5.74, 6) is -2.80. The Labute approximate surface area is 278 Å². The van der Waals surface area contributed by atoms with E-state index in [1.54, 1.807) is 0 Å². The molecule has 0 unspecified atom stereocenters. The predicted octanol–water partition coefficient (Wildman–Crippen LogP) is 8.86. The highest BCUT2D eigenvalue weighted by atomic mass is 16.7. The quantitative estimate of drug-likeness (QED) is 0.0259. The van der Waals surface area contributed by atoms with Gasteiger partial charge in [-0.05, 0) is 44.9 Å². The third-order valence-corrected chi connectivity index (χ3v) is 8.55. The first-order valence-corrected chi connectivity index (χ1v) is 18.4. The number of carbonyl (C=O) groups excluding carboxylic acids is 5. The topological polar surface area (TPSA) is 116 Å². The van der Waals surface area contributed by atoms with Crippen LogP contribution >= 0.6 is 0 Å². The van der Waals surface area contributed by atoms with Gasteiger partial charge in [-0.3, -0.25) is 19.2 Å². The maximum atomic E-state index is 13.7. The summed E-state index contributed by atoms with van der Waals surface area (Å²) in [6.07, 6.45) is 23.3. The van der Waals surface area contributed by atoms with Crippen LogP contribution in [0.15, 0.2) is 12.2 Å². The summed E-state index contributed by atoms with van der Waals surface area (Å²) in [5, 5.41) is 0.529. The number of nitrogens with zero attached hydrogens (tertiary/aromatic N) is 1. The van der Waals surface area contributed by atoms with Gasteiger partial charge in [0, 0.05) is 19.3 Å². The van der Waals surface area contributed by atoms with Crippen molar-refractivity contribution >= 4 is 29.7 Å². The molecule has 0 spiro atoms. The number of esters is 2. The van der Waals surface area contributed by atoms with Gasteiger partial charge in [0.2, 0.25) is 0 Å². The largest absolute Gasteiger partial charge is 0.466 e. The van der Waals surface area contributed by atoms with Gasteiger partial charge in [-0.25, -0.2) is 4.79 Å². The van der Waals surface area contributed by atoms with Gasteiger partial charge in [-0.2, -0.15) is 0 Å². The molecule has 0 N–H and O–H groups in total. The van der Waals surface area contributed by atoms with Crippen molar-refractivity contribution in [1.82, 2.24) is 5.06 Å². The van der Waals surface area contributed by atoms with Gasteiger partial charge in [0.1, 0.15) is 0 Å². The van der Waals surface area contributed by atoms with Crippen molar-refractivity contribution in [3.8, 4) is 0 Å². The number of rotatable bonds is 29. The molecule has 1 fully saturated rings. The summed E-state index contributed by atoms with van der Waals surface area (Å²) >= 11 is 0. The molecule has 9 heteroatoms. The zero-order valence-electron chi connectivity index (χ0n) is 29.3. The second kappa shape index (κ2) is 26.4. The summed E-state index contributed by atoms with van der Waals surface area (Å²) in [7, 11) is 0. The van der Waals surface area contributed by atoms with E-state index in [1.807, 2.05) is 19.1 Å². The van der Waals surface area contributed by atoms with E-state index in [-0.39, 0.29) is 38.3 Å². The minimum atomic E-state index is -1.62. The van der Waals surface area contributed by atoms with Crippen molar-refractivity contribution < 1.29 is 38.3 Å². The van der Waals surface area contributed by atoms with Crippen molar-refractivity contribution in [1.29, 1.82) is 0 Å². The predicted molar refractivity (Wildman–Crippen MR) is 179 cm³/mol. The zero-order chi connectivity index (χ0) is 33.9. The molecule has 1 saturated heterocycles. The number of amides is 2. The molecule has 0 bridgehead atoms. The van der Waals surface area contributed by atoms with E-state index in [2.05, 4.69) is 13.8 Å². The second-order valence-electron chi connectivity index (χ2n) is 12.7. The van der Waals surface area contributed by atoms with Crippen LogP contribution in [0.1, 0.15) is 175 Å². The maximum Gasteiger partial charge on any atom is 0.350 e. The Morgan fingerprint density at radius 3 is 1.76 bits per heavy atom. The maximum absolute atomic E-state index is 13.7. The molecule has 0 radical (unpaired) electrons. The van der Waals surface area contributed by atoms with Gasteiger partial charge in [-0.15, -0.1) is 5.06 Å². The van der Waals surface area contributed by atoms with Crippen LogP contribution in [-0.4, -0.2) is 48.0 Å². The standard InChI is InChI=1S/C37H63NO8/c1-4-7-10-11-12-14-17-20-23-28-37(35(42)45-31-9-6-3,36(43)46-38-32(39)26-27-33(38)40)29-24-21-18-15-13-16-19-22-25-34(41)44-30-8-5-2/h21,24H,4-20,22-23,25-31H2,1-3H3/b24-21+/t37-/m1/s1. The fourth-order valence-electron chi connectivity index (χ4n) is 5.44. The summed E-state index contributed by atoms with van der Waals surface area (Å²) < 4.78 is 10.8. The Hall–Kier alpha value is -2.71. The molecule has 0 aromatic heterocycles. The molecule has 9 nitrogen and oxygen atoms in total. The molecule has 0 saturated carbocycles. The fraction of sp³-hybridized carbons (Fsp3) is 0.811. The molecule has 0 aromatic carbocycles. The number of imide groups is 1. The van der Waals surface area contributed by atoms with Crippen LogP contribution < -0.4 is 0 Å². The minimum absolute atomic E-state index is 0.0126. The molecule has 1 heterocycles. The third kappa shape index (κ3) is 17.3. The number of carbonyl (C=O) groups is 5. The molecule has 2 amide bonds. The SMILES string of the molecule is CCCCCCCCCCC[C@@](C/C=C/CCCCCCCC(=O)OCCCC)(C(=O)OCCCC)C(=O)ON1C(=O)CCC1=O. The van der Waals surface area contributed by atoms with Crippen LogP contribution in [0, 0.1) is 5.41 Å². The number of ether oxygens (including phenoxy) is 2. The van der Waals surface area contributed by atoms with E-state index in [9.17, 15) is 24.0 Å². The van der Waals surface area contributed by atoms with Crippen LogP contribution in [0.2, 0.25) is 0 Å². The average molecular weight is 650 g/mol. The summed E-state index contributed by atoms with van der Waals surface area (Å²) in [6, 6.07) is 0. The highest BCUT2D eigenvalue weighted by Crippen LogP contribution is 2.35. The first-order valence-electron chi connectivity index (χ1n) is 18.4. The van der Waals surface area contributed by atoms with Crippen LogP contribution in [-0.2, 0) is 38.3 Å². The van der Waals surface area contributed by atoms with Crippen molar-refractivity contribution in [2.45, 2.75) is 175 Å². The highest BCUT2D eigenvalue weighted by molar-refractivity contribution is 6.04. The van der Waals surface area contributed by atoms with Crippen molar-refractivity contribution in [3.05, 3.63) is 12.2 Å². The lowest BCUT2D eigenvalue weighted by Gasteiger charge is -2.29. The Morgan fingerprint density at radius 1 is 0.630 bits per heavy atom. The Morgan fingerprint density at radius 2 is 1.15 bits per heavy atom. The Balaban J connectivity index is 2.77. The second-order valence-corrected chi connectivity index (χ2v) is 12.7. The van der Waals surface area contributed by atoms with Crippen molar-refractivity contribution in [2.24, 2.45) is 5.41 Å². The van der Waals surface area contributed by atoms with Crippen molar-refractivity contribution in [3.63, 3.8) is 0 Å². The molecule has 264 valence electrons. The molecular formula is C37H63NO8. The van der Waals surface area contributed by atoms with Gasteiger partial charge >= 0.3 is 17.9 Å². The fourth-order valence-corrected chi connectivity index (χ4v) is 5.44. The van der Waals surface area contributed by atoms with Gasteiger partial charge in [0.05, 0.1) is 13.2 Å². The number of hydrogen-bond acceptors (Lipinski definition) is 8. The summed E-state index contributed by atoms with van der Waals surface area (Å²) in [4.78, 5) is 68.9. The zero-order valence-corrected chi connectivity index (χ0v) is 29.3. The molecule has 1 atom stereocenters. The van der Waals surface area contributed by atoms with Crippen LogP contribution in [0.5, 0.6) is 0 Å². The molecule has 0 aromatic rings. The van der Waals surface area contributed by atoms with Gasteiger partial charge in [0.25, 0.3) is 11.8 Å². The first-order chi connectivity index (χ1) is 22.3. The number of hydroxylamine groups is 2. The van der Waals surface area contributed by atoms with E-state index >= 15 is 0 Å². The lowest BCUT2D eigenvalue weighted by molar-refractivity contribution is -0.209. The van der Waals surface area contributed by atoms with Crippen LogP contribution in [0.25, 0.3) is 0 Å². The average Bonchev–Trinajstić information content (AvgIpc) is 3.36. The van der Waals surface area contributed by atoms with E-state index < -0.39 is 29.2 Å². The van der Waals surface area contributed by atoms with E-state index in [4.69, 9.17) is 14.3 Å². The van der Waals surface area contributed by atoms with Crippen LogP contribution in [0.3, 0.4) is 0 Å². The lowest BCUT2D eigenvalue weighted by atomic mass is 9.79. The number of unbranched alkanes of at least 4 members (excludes halogenated alkanes) is 15. The van der Waals surface area contributed by atoms with Gasteiger partial charge in [0.15, 0.2) is 5.41 Å². The Kier molecular flexibility index (Phi) is 23.7. The molecule has 1 aliphatic heterocycles. The number of allylic oxidation sites excluding steroid dienone is 2. The Bertz CT molecular complexity index is 901. The highest BCUT2D eigenvalue weighted by Gasteiger charge is 2.50. The van der Waals surface area contributed by atoms with E-state index in [1.165, 1.54) is 32.1 Å². The summed E-state index contributed by atoms with van der Waals surface area (Å²) in [5.41, 5.74) is -1.62. The van der Waals surface area contributed by atoms with Gasteiger partial charge < -0.3 is 14.3 Å². The normalized spacial score (nSPS) is 14.5. The summed E-state index contributed by atoms with van der Waals surface area (Å²) in [6.45, 7) is 6.97. The third-order valence-electron chi connectivity index (χ3n) is 8.55. The van der Waals surface area contributed by atoms with E-state index in [0.29, 0.717) is 30.9 Å². The molecule has 46 heavy (non-hydrogen) atoms. The number of hydrogen-bond donors (Lipinski definition) is 0. The smallest absolute Gasteiger partial charge is 0.350 e. The van der Waals surface area contributed by atoms with Gasteiger partial charge in [-0.1, -0.05) is 123 Å². The monoisotopic (exact) mass is 649 g/mol. The molecule has 0 aliphatic carbocycles. The van der Waals surface area contributed by atoms with Crippen LogP contribution in [0.4, 0.5) is 0 Å². The lowest BCUT2D eigenvalue weighted by Crippen LogP contribution is -2.46. The molecule has 1 rings (SSSR count).